The number of hydrogen-bond acceptors (Lipinski definition) is 3. The zero-order chi connectivity index (χ0) is 11.5. The van der Waals surface area contributed by atoms with Gasteiger partial charge in [0.1, 0.15) is 5.76 Å². The van der Waals surface area contributed by atoms with Gasteiger partial charge in [0.15, 0.2) is 11.3 Å². The quantitative estimate of drug-likeness (QED) is 0.860. The van der Waals surface area contributed by atoms with E-state index in [-0.39, 0.29) is 0 Å². The van der Waals surface area contributed by atoms with E-state index in [0.29, 0.717) is 6.54 Å². The molecule has 3 nitrogen and oxygen atoms in total. The maximum Gasteiger partial charge on any atom is 0.176 e. The summed E-state index contributed by atoms with van der Waals surface area (Å²) in [4.78, 5) is 0. The summed E-state index contributed by atoms with van der Waals surface area (Å²) in [5.41, 5.74) is 7.59. The summed E-state index contributed by atoms with van der Waals surface area (Å²) in [7, 11) is 1.67. The molecule has 0 amide bonds. The van der Waals surface area contributed by atoms with Gasteiger partial charge in [-0.2, -0.15) is 0 Å². The molecule has 86 valence electrons. The van der Waals surface area contributed by atoms with Crippen LogP contribution in [-0.4, -0.2) is 13.7 Å². The van der Waals surface area contributed by atoms with Gasteiger partial charge in [0.2, 0.25) is 0 Å². The largest absolute Gasteiger partial charge is 0.493 e. The molecule has 2 N–H and O–H groups in total. The number of aryl methyl sites for hydroxylation is 2. The van der Waals surface area contributed by atoms with Crippen LogP contribution in [-0.2, 0) is 6.42 Å². The van der Waals surface area contributed by atoms with E-state index >= 15 is 0 Å². The molecule has 0 aliphatic rings. The van der Waals surface area contributed by atoms with Crippen LogP contribution in [0.25, 0.3) is 11.0 Å². The molecule has 3 heteroatoms. The summed E-state index contributed by atoms with van der Waals surface area (Å²) in [5, 5.41) is 1.10. The van der Waals surface area contributed by atoms with Gasteiger partial charge in [-0.15, -0.1) is 0 Å². The molecule has 0 aliphatic carbocycles. The molecule has 0 unspecified atom stereocenters. The van der Waals surface area contributed by atoms with E-state index in [1.165, 1.54) is 5.56 Å². The number of fused-ring (bicyclic) bond motifs is 1. The van der Waals surface area contributed by atoms with Gasteiger partial charge in [-0.3, -0.25) is 0 Å². The third-order valence-electron chi connectivity index (χ3n) is 2.65. The highest BCUT2D eigenvalue weighted by atomic mass is 16.5. The van der Waals surface area contributed by atoms with Gasteiger partial charge < -0.3 is 14.9 Å². The van der Waals surface area contributed by atoms with Gasteiger partial charge in [0, 0.05) is 5.39 Å². The minimum absolute atomic E-state index is 0.713. The van der Waals surface area contributed by atoms with Crippen LogP contribution in [0, 0.1) is 6.92 Å². The Balaban J connectivity index is 2.45. The summed E-state index contributed by atoms with van der Waals surface area (Å²) in [6.45, 7) is 2.66. The van der Waals surface area contributed by atoms with Crippen LogP contribution in [0.5, 0.6) is 5.75 Å². The first-order valence-corrected chi connectivity index (χ1v) is 5.51. The van der Waals surface area contributed by atoms with Gasteiger partial charge in [0.25, 0.3) is 0 Å². The lowest BCUT2D eigenvalue weighted by Crippen LogP contribution is -2.00. The summed E-state index contributed by atoms with van der Waals surface area (Å²) in [6.07, 6.45) is 1.97. The smallest absolute Gasteiger partial charge is 0.176 e. The summed E-state index contributed by atoms with van der Waals surface area (Å²) in [5.74, 6) is 1.71. The first-order chi connectivity index (χ1) is 7.74. The number of methoxy groups -OCH3 is 1. The van der Waals surface area contributed by atoms with Crippen molar-refractivity contribution in [3.8, 4) is 5.75 Å². The topological polar surface area (TPSA) is 48.4 Å². The van der Waals surface area contributed by atoms with Crippen LogP contribution in [0.15, 0.2) is 22.6 Å². The van der Waals surface area contributed by atoms with Gasteiger partial charge >= 0.3 is 0 Å². The minimum Gasteiger partial charge on any atom is -0.493 e. The number of benzene rings is 1. The van der Waals surface area contributed by atoms with E-state index in [4.69, 9.17) is 14.9 Å². The first-order valence-electron chi connectivity index (χ1n) is 5.51. The lowest BCUT2D eigenvalue weighted by molar-refractivity contribution is 0.408. The fourth-order valence-electron chi connectivity index (χ4n) is 1.91. The van der Waals surface area contributed by atoms with Crippen LogP contribution >= 0.6 is 0 Å². The van der Waals surface area contributed by atoms with Crippen LogP contribution in [0.4, 0.5) is 0 Å². The Bertz CT molecular complexity index is 488. The number of hydrogen-bond donors (Lipinski definition) is 1. The molecule has 0 spiro atoms. The highest BCUT2D eigenvalue weighted by molar-refractivity contribution is 5.84. The monoisotopic (exact) mass is 219 g/mol. The molecule has 1 heterocycles. The van der Waals surface area contributed by atoms with Crippen molar-refractivity contribution in [3.05, 3.63) is 29.5 Å². The van der Waals surface area contributed by atoms with Crippen LogP contribution in [0.2, 0.25) is 0 Å². The predicted octanol–water partition coefficient (Wildman–Crippen LogP) is 2.64. The molecule has 0 radical (unpaired) electrons. The zero-order valence-electron chi connectivity index (χ0n) is 9.75. The Morgan fingerprint density at radius 1 is 1.31 bits per heavy atom. The van der Waals surface area contributed by atoms with Crippen molar-refractivity contribution in [1.29, 1.82) is 0 Å². The van der Waals surface area contributed by atoms with Crippen LogP contribution in [0.3, 0.4) is 0 Å². The van der Waals surface area contributed by atoms with Crippen LogP contribution in [0.1, 0.15) is 17.7 Å². The van der Waals surface area contributed by atoms with Crippen molar-refractivity contribution >= 4 is 11.0 Å². The predicted molar refractivity (Wildman–Crippen MR) is 64.9 cm³/mol. The molecule has 0 aliphatic heterocycles. The van der Waals surface area contributed by atoms with Gasteiger partial charge in [-0.1, -0.05) is 0 Å². The lowest BCUT2D eigenvalue weighted by Gasteiger charge is -2.05. The Morgan fingerprint density at radius 3 is 2.81 bits per heavy atom. The Hall–Kier alpha value is -1.48. The maximum absolute atomic E-state index is 5.60. The second-order valence-electron chi connectivity index (χ2n) is 3.97. The van der Waals surface area contributed by atoms with Crippen molar-refractivity contribution in [2.45, 2.75) is 19.8 Å². The fourth-order valence-corrected chi connectivity index (χ4v) is 1.91. The number of rotatable bonds is 4. The number of furan rings is 1. The molecule has 0 atom stereocenters. The zero-order valence-corrected chi connectivity index (χ0v) is 9.75. The molecule has 2 aromatic rings. The molecule has 1 aromatic carbocycles. The van der Waals surface area contributed by atoms with Crippen molar-refractivity contribution < 1.29 is 9.15 Å². The highest BCUT2D eigenvalue weighted by Gasteiger charge is 2.09. The first kappa shape index (κ1) is 11.0. The Morgan fingerprint density at radius 2 is 2.12 bits per heavy atom. The van der Waals surface area contributed by atoms with E-state index in [0.717, 1.165) is 35.3 Å². The normalized spacial score (nSPS) is 10.9. The van der Waals surface area contributed by atoms with E-state index in [9.17, 15) is 0 Å². The fraction of sp³-hybridized carbons (Fsp3) is 0.385. The molecule has 2 rings (SSSR count). The number of ether oxygens (including phenoxy) is 1. The third kappa shape index (κ3) is 2.04. The summed E-state index contributed by atoms with van der Waals surface area (Å²) in [6, 6.07) is 6.20. The average molecular weight is 219 g/mol. The van der Waals surface area contributed by atoms with Gasteiger partial charge in [-0.05, 0) is 50.1 Å². The molecule has 0 bridgehead atoms. The summed E-state index contributed by atoms with van der Waals surface area (Å²) < 4.78 is 10.9. The van der Waals surface area contributed by atoms with E-state index in [2.05, 4.69) is 6.07 Å². The Labute approximate surface area is 95.2 Å². The van der Waals surface area contributed by atoms with Crippen LogP contribution < -0.4 is 10.5 Å². The average Bonchev–Trinajstić information content (AvgIpc) is 2.65. The second kappa shape index (κ2) is 4.58. The highest BCUT2D eigenvalue weighted by Crippen LogP contribution is 2.30. The lowest BCUT2D eigenvalue weighted by atomic mass is 10.1. The standard InChI is InChI=1S/C13H17NO2/c1-9-6-11-7-10(4-3-5-14)8-12(15-2)13(11)16-9/h6-8H,3-5,14H2,1-2H3. The number of nitrogens with two attached hydrogens (primary N) is 1. The molecule has 1 aromatic heterocycles. The summed E-state index contributed by atoms with van der Waals surface area (Å²) >= 11 is 0. The van der Waals surface area contributed by atoms with E-state index < -0.39 is 0 Å². The molecule has 0 saturated heterocycles. The molecular formula is C13H17NO2. The molecular weight excluding hydrogens is 202 g/mol. The van der Waals surface area contributed by atoms with E-state index in [1.54, 1.807) is 7.11 Å². The van der Waals surface area contributed by atoms with Crippen molar-refractivity contribution in [1.82, 2.24) is 0 Å². The van der Waals surface area contributed by atoms with Crippen molar-refractivity contribution in [2.75, 3.05) is 13.7 Å². The molecule has 16 heavy (non-hydrogen) atoms. The second-order valence-corrected chi connectivity index (χ2v) is 3.97. The SMILES string of the molecule is COc1cc(CCCN)cc2cc(C)oc12. The van der Waals surface area contributed by atoms with Gasteiger partial charge in [-0.25, -0.2) is 0 Å². The van der Waals surface area contributed by atoms with Crippen molar-refractivity contribution in [3.63, 3.8) is 0 Å². The minimum atomic E-state index is 0.713. The Kier molecular flexibility index (Phi) is 3.15. The molecule has 0 saturated carbocycles. The van der Waals surface area contributed by atoms with Crippen molar-refractivity contribution in [2.24, 2.45) is 5.73 Å². The third-order valence-corrected chi connectivity index (χ3v) is 2.65. The maximum atomic E-state index is 5.60. The van der Waals surface area contributed by atoms with E-state index in [1.807, 2.05) is 19.1 Å². The molecule has 0 fully saturated rings. The van der Waals surface area contributed by atoms with Gasteiger partial charge in [0.05, 0.1) is 7.11 Å².